The van der Waals surface area contributed by atoms with Gasteiger partial charge in [0.2, 0.25) is 5.91 Å². The number of methoxy groups -OCH3 is 1. The molecule has 3 aromatic rings. The lowest BCUT2D eigenvalue weighted by molar-refractivity contribution is -0.115. The minimum atomic E-state index is -0.0822. The van der Waals surface area contributed by atoms with Crippen LogP contribution in [0, 0.1) is 6.92 Å². The Morgan fingerprint density at radius 1 is 1.16 bits per heavy atom. The van der Waals surface area contributed by atoms with Gasteiger partial charge in [-0.3, -0.25) is 4.79 Å². The molecule has 1 heterocycles. The quantitative estimate of drug-likeness (QED) is 0.631. The van der Waals surface area contributed by atoms with Crippen LogP contribution >= 0.6 is 27.3 Å². The third kappa shape index (κ3) is 4.46. The van der Waals surface area contributed by atoms with Gasteiger partial charge in [0.1, 0.15) is 5.75 Å². The van der Waals surface area contributed by atoms with Gasteiger partial charge in [0.15, 0.2) is 5.13 Å². The second kappa shape index (κ2) is 7.80. The molecule has 0 unspecified atom stereocenters. The van der Waals surface area contributed by atoms with Gasteiger partial charge in [-0.2, -0.15) is 0 Å². The van der Waals surface area contributed by atoms with Crippen molar-refractivity contribution in [2.24, 2.45) is 0 Å². The Kier molecular flexibility index (Phi) is 5.50. The maximum absolute atomic E-state index is 12.3. The molecule has 0 saturated heterocycles. The van der Waals surface area contributed by atoms with E-state index < -0.39 is 0 Å². The van der Waals surface area contributed by atoms with Crippen LogP contribution in [0.2, 0.25) is 0 Å². The van der Waals surface area contributed by atoms with Crippen molar-refractivity contribution in [1.82, 2.24) is 4.98 Å². The van der Waals surface area contributed by atoms with Gasteiger partial charge in [-0.05, 0) is 36.8 Å². The number of halogens is 1. The molecule has 1 N–H and O–H groups in total. The SMILES string of the molecule is COc1ccc(CC(=O)Nc2nc(-c3ccc(Br)cc3)c(C)s2)cc1. The van der Waals surface area contributed by atoms with E-state index in [-0.39, 0.29) is 5.91 Å². The average Bonchev–Trinajstić information content (AvgIpc) is 2.96. The van der Waals surface area contributed by atoms with Crippen LogP contribution in [-0.2, 0) is 11.2 Å². The highest BCUT2D eigenvalue weighted by atomic mass is 79.9. The van der Waals surface area contributed by atoms with E-state index in [9.17, 15) is 4.79 Å². The fraction of sp³-hybridized carbons (Fsp3) is 0.158. The summed E-state index contributed by atoms with van der Waals surface area (Å²) in [5.41, 5.74) is 2.87. The second-order valence-electron chi connectivity index (χ2n) is 5.50. The van der Waals surface area contributed by atoms with E-state index in [1.807, 2.05) is 55.5 Å². The molecule has 0 fully saturated rings. The minimum absolute atomic E-state index is 0.0822. The van der Waals surface area contributed by atoms with E-state index in [0.717, 1.165) is 31.9 Å². The zero-order chi connectivity index (χ0) is 17.8. The van der Waals surface area contributed by atoms with E-state index in [2.05, 4.69) is 26.2 Å². The predicted molar refractivity (Wildman–Crippen MR) is 105 cm³/mol. The molecule has 0 aliphatic heterocycles. The molecule has 0 atom stereocenters. The molecular formula is C19H17BrN2O2S. The third-order valence-electron chi connectivity index (χ3n) is 3.68. The van der Waals surface area contributed by atoms with E-state index in [4.69, 9.17) is 4.74 Å². The number of aryl methyl sites for hydroxylation is 1. The first-order valence-electron chi connectivity index (χ1n) is 7.71. The molecule has 128 valence electrons. The summed E-state index contributed by atoms with van der Waals surface area (Å²) in [7, 11) is 1.62. The molecule has 25 heavy (non-hydrogen) atoms. The first-order chi connectivity index (χ1) is 12.0. The highest BCUT2D eigenvalue weighted by Gasteiger charge is 2.12. The molecule has 1 aromatic heterocycles. The van der Waals surface area contributed by atoms with Gasteiger partial charge in [0, 0.05) is 14.9 Å². The monoisotopic (exact) mass is 416 g/mol. The van der Waals surface area contributed by atoms with E-state index >= 15 is 0 Å². The third-order valence-corrected chi connectivity index (χ3v) is 5.10. The smallest absolute Gasteiger partial charge is 0.230 e. The zero-order valence-corrected chi connectivity index (χ0v) is 16.3. The van der Waals surface area contributed by atoms with Gasteiger partial charge in [-0.15, -0.1) is 11.3 Å². The topological polar surface area (TPSA) is 51.2 Å². The summed E-state index contributed by atoms with van der Waals surface area (Å²) >= 11 is 4.92. The molecule has 3 rings (SSSR count). The first kappa shape index (κ1) is 17.6. The Balaban J connectivity index is 1.69. The van der Waals surface area contributed by atoms with Crippen molar-refractivity contribution in [2.45, 2.75) is 13.3 Å². The van der Waals surface area contributed by atoms with Crippen LogP contribution in [0.25, 0.3) is 11.3 Å². The zero-order valence-electron chi connectivity index (χ0n) is 13.9. The number of carbonyl (C=O) groups excluding carboxylic acids is 1. The van der Waals surface area contributed by atoms with Gasteiger partial charge >= 0.3 is 0 Å². The number of rotatable bonds is 5. The number of ether oxygens (including phenoxy) is 1. The summed E-state index contributed by atoms with van der Waals surface area (Å²) in [5.74, 6) is 0.695. The summed E-state index contributed by atoms with van der Waals surface area (Å²) in [6, 6.07) is 15.5. The molecule has 6 heteroatoms. The van der Waals surface area contributed by atoms with Crippen LogP contribution in [0.5, 0.6) is 5.75 Å². The number of anilines is 1. The Hall–Kier alpha value is -2.18. The van der Waals surface area contributed by atoms with Crippen LogP contribution in [0.4, 0.5) is 5.13 Å². The van der Waals surface area contributed by atoms with Gasteiger partial charge < -0.3 is 10.1 Å². The molecule has 0 radical (unpaired) electrons. The maximum Gasteiger partial charge on any atom is 0.230 e. The van der Waals surface area contributed by atoms with Crippen LogP contribution in [0.15, 0.2) is 53.0 Å². The average molecular weight is 417 g/mol. The number of benzene rings is 2. The van der Waals surface area contributed by atoms with Crippen molar-refractivity contribution in [3.63, 3.8) is 0 Å². The Labute approximate surface area is 159 Å². The fourth-order valence-corrected chi connectivity index (χ4v) is 3.53. The second-order valence-corrected chi connectivity index (χ2v) is 7.62. The normalized spacial score (nSPS) is 10.5. The van der Waals surface area contributed by atoms with Crippen molar-refractivity contribution < 1.29 is 9.53 Å². The van der Waals surface area contributed by atoms with Crippen molar-refractivity contribution in [3.8, 4) is 17.0 Å². The predicted octanol–water partition coefficient (Wildman–Crippen LogP) is 5.07. The molecule has 2 aromatic carbocycles. The van der Waals surface area contributed by atoms with E-state index in [0.29, 0.717) is 11.6 Å². The number of thiazole rings is 1. The van der Waals surface area contributed by atoms with Crippen molar-refractivity contribution >= 4 is 38.3 Å². The van der Waals surface area contributed by atoms with Crippen LogP contribution in [0.3, 0.4) is 0 Å². The van der Waals surface area contributed by atoms with Crippen molar-refractivity contribution in [1.29, 1.82) is 0 Å². The summed E-state index contributed by atoms with van der Waals surface area (Å²) in [6.45, 7) is 2.01. The number of amides is 1. The van der Waals surface area contributed by atoms with Crippen LogP contribution in [-0.4, -0.2) is 18.0 Å². The number of nitrogens with zero attached hydrogens (tertiary/aromatic N) is 1. The molecule has 0 spiro atoms. The van der Waals surface area contributed by atoms with Gasteiger partial charge in [-0.25, -0.2) is 4.98 Å². The summed E-state index contributed by atoms with van der Waals surface area (Å²) in [5, 5.41) is 3.51. The maximum atomic E-state index is 12.3. The van der Waals surface area contributed by atoms with Crippen molar-refractivity contribution in [3.05, 3.63) is 63.4 Å². The lowest BCUT2D eigenvalue weighted by Crippen LogP contribution is -2.14. The minimum Gasteiger partial charge on any atom is -0.497 e. The number of hydrogen-bond donors (Lipinski definition) is 1. The van der Waals surface area contributed by atoms with Gasteiger partial charge in [-0.1, -0.05) is 40.2 Å². The Morgan fingerprint density at radius 2 is 1.84 bits per heavy atom. The first-order valence-corrected chi connectivity index (χ1v) is 9.32. The molecule has 0 saturated carbocycles. The number of aromatic nitrogens is 1. The molecular weight excluding hydrogens is 400 g/mol. The summed E-state index contributed by atoms with van der Waals surface area (Å²) < 4.78 is 6.15. The van der Waals surface area contributed by atoms with Gasteiger partial charge in [0.05, 0.1) is 19.2 Å². The van der Waals surface area contributed by atoms with E-state index in [1.54, 1.807) is 7.11 Å². The largest absolute Gasteiger partial charge is 0.497 e. The molecule has 0 bridgehead atoms. The number of carbonyl (C=O) groups is 1. The van der Waals surface area contributed by atoms with E-state index in [1.165, 1.54) is 11.3 Å². The van der Waals surface area contributed by atoms with Crippen LogP contribution in [0.1, 0.15) is 10.4 Å². The molecule has 4 nitrogen and oxygen atoms in total. The molecule has 0 aliphatic carbocycles. The lowest BCUT2D eigenvalue weighted by Gasteiger charge is -2.04. The van der Waals surface area contributed by atoms with Gasteiger partial charge in [0.25, 0.3) is 0 Å². The number of nitrogens with one attached hydrogen (secondary N) is 1. The van der Waals surface area contributed by atoms with Crippen LogP contribution < -0.4 is 10.1 Å². The summed E-state index contributed by atoms with van der Waals surface area (Å²) in [4.78, 5) is 17.9. The lowest BCUT2D eigenvalue weighted by atomic mass is 10.1. The molecule has 1 amide bonds. The highest BCUT2D eigenvalue weighted by Crippen LogP contribution is 2.31. The molecule has 0 aliphatic rings. The standard InChI is InChI=1S/C19H17BrN2O2S/c1-12-18(14-5-7-15(20)8-6-14)22-19(25-12)21-17(23)11-13-3-9-16(24-2)10-4-13/h3-10H,11H2,1-2H3,(H,21,22,23). The number of hydrogen-bond acceptors (Lipinski definition) is 4. The fourth-order valence-electron chi connectivity index (χ4n) is 2.42. The van der Waals surface area contributed by atoms with Crippen molar-refractivity contribution in [2.75, 3.05) is 12.4 Å². The summed E-state index contributed by atoms with van der Waals surface area (Å²) in [6.07, 6.45) is 0.302. The highest BCUT2D eigenvalue weighted by molar-refractivity contribution is 9.10. The Morgan fingerprint density at radius 3 is 2.48 bits per heavy atom. The Bertz CT molecular complexity index is 873.